The van der Waals surface area contributed by atoms with E-state index in [9.17, 15) is 18.0 Å². The Morgan fingerprint density at radius 1 is 0.848 bits per heavy atom. The van der Waals surface area contributed by atoms with Crippen molar-refractivity contribution in [2.75, 3.05) is 10.8 Å². The predicted molar refractivity (Wildman–Crippen MR) is 183 cm³/mol. The Kier molecular flexibility index (Phi) is 11.0. The fourth-order valence-corrected chi connectivity index (χ4v) is 7.75. The van der Waals surface area contributed by atoms with E-state index < -0.39 is 28.5 Å². The first-order valence-electron chi connectivity index (χ1n) is 15.3. The van der Waals surface area contributed by atoms with E-state index in [-0.39, 0.29) is 29.8 Å². The topological polar surface area (TPSA) is 86.8 Å². The van der Waals surface area contributed by atoms with Crippen molar-refractivity contribution in [2.45, 2.75) is 62.6 Å². The van der Waals surface area contributed by atoms with Crippen LogP contribution in [0.1, 0.15) is 42.4 Å². The van der Waals surface area contributed by atoms with Gasteiger partial charge in [-0.15, -0.1) is 0 Å². The number of hydrogen-bond donors (Lipinski definition) is 1. The van der Waals surface area contributed by atoms with E-state index in [4.69, 9.17) is 23.2 Å². The molecule has 1 saturated carbocycles. The van der Waals surface area contributed by atoms with Gasteiger partial charge in [0.2, 0.25) is 11.8 Å². The van der Waals surface area contributed by atoms with Gasteiger partial charge in [0.15, 0.2) is 0 Å². The highest BCUT2D eigenvalue weighted by Gasteiger charge is 2.36. The van der Waals surface area contributed by atoms with Gasteiger partial charge in [-0.3, -0.25) is 13.9 Å². The maximum Gasteiger partial charge on any atom is 0.264 e. The van der Waals surface area contributed by atoms with Crippen LogP contribution in [0.25, 0.3) is 0 Å². The molecule has 0 bridgehead atoms. The van der Waals surface area contributed by atoms with E-state index in [0.29, 0.717) is 21.3 Å². The zero-order valence-electron chi connectivity index (χ0n) is 25.6. The number of carbonyl (C=O) groups is 2. The lowest BCUT2D eigenvalue weighted by Crippen LogP contribution is -2.54. The minimum atomic E-state index is -4.18. The van der Waals surface area contributed by atoms with Crippen LogP contribution < -0.4 is 9.62 Å². The van der Waals surface area contributed by atoms with E-state index in [1.54, 1.807) is 54.6 Å². The maximum absolute atomic E-state index is 14.6. The Labute approximate surface area is 281 Å². The van der Waals surface area contributed by atoms with Gasteiger partial charge in [0.25, 0.3) is 10.0 Å². The van der Waals surface area contributed by atoms with Crippen molar-refractivity contribution in [3.8, 4) is 0 Å². The zero-order valence-corrected chi connectivity index (χ0v) is 27.9. The minimum absolute atomic E-state index is 0.00822. The smallest absolute Gasteiger partial charge is 0.264 e. The summed E-state index contributed by atoms with van der Waals surface area (Å²) in [6.07, 6.45) is 3.99. The van der Waals surface area contributed by atoms with Crippen LogP contribution in [-0.4, -0.2) is 43.8 Å². The summed E-state index contributed by atoms with van der Waals surface area (Å²) in [5.41, 5.74) is 2.49. The highest BCUT2D eigenvalue weighted by Crippen LogP contribution is 2.29. The number of amides is 2. The SMILES string of the molecule is Cc1cccc(N(CC(=O)N(Cc2c(Cl)cccc2Cl)[C@@H](Cc2ccccc2)C(=O)NC2CCCC2)S(=O)(=O)c2ccccc2)c1. The van der Waals surface area contributed by atoms with E-state index in [1.165, 1.54) is 17.0 Å². The van der Waals surface area contributed by atoms with Gasteiger partial charge in [0.1, 0.15) is 12.6 Å². The summed E-state index contributed by atoms with van der Waals surface area (Å²) in [7, 11) is -4.18. The van der Waals surface area contributed by atoms with Crippen molar-refractivity contribution in [3.05, 3.63) is 130 Å². The normalized spacial score (nSPS) is 14.1. The first-order chi connectivity index (χ1) is 22.1. The summed E-state index contributed by atoms with van der Waals surface area (Å²) in [6, 6.07) is 28.5. The number of benzene rings is 4. The number of hydrogen-bond acceptors (Lipinski definition) is 4. The fourth-order valence-electron chi connectivity index (χ4n) is 5.81. The van der Waals surface area contributed by atoms with Crippen LogP contribution in [0.4, 0.5) is 5.69 Å². The summed E-state index contributed by atoms with van der Waals surface area (Å²) in [5, 5.41) is 3.85. The van der Waals surface area contributed by atoms with Crippen molar-refractivity contribution in [1.29, 1.82) is 0 Å². The number of carbonyl (C=O) groups excluding carboxylic acids is 2. The van der Waals surface area contributed by atoms with Crippen molar-refractivity contribution in [1.82, 2.24) is 10.2 Å². The number of nitrogens with zero attached hydrogens (tertiary/aromatic N) is 2. The second-order valence-corrected chi connectivity index (χ2v) is 14.3. The van der Waals surface area contributed by atoms with Gasteiger partial charge in [-0.1, -0.05) is 103 Å². The molecule has 240 valence electrons. The molecule has 10 heteroatoms. The Balaban J connectivity index is 1.59. The van der Waals surface area contributed by atoms with E-state index in [0.717, 1.165) is 41.1 Å². The lowest BCUT2D eigenvalue weighted by molar-refractivity contribution is -0.140. The molecule has 0 spiro atoms. The lowest BCUT2D eigenvalue weighted by atomic mass is 10.0. The fraction of sp³-hybridized carbons (Fsp3) is 0.278. The number of nitrogens with one attached hydrogen (secondary N) is 1. The quantitative estimate of drug-likeness (QED) is 0.172. The van der Waals surface area contributed by atoms with E-state index in [1.807, 2.05) is 43.3 Å². The van der Waals surface area contributed by atoms with Gasteiger partial charge in [0, 0.05) is 34.6 Å². The van der Waals surface area contributed by atoms with Crippen molar-refractivity contribution >= 4 is 50.7 Å². The molecule has 1 atom stereocenters. The second kappa shape index (κ2) is 15.2. The van der Waals surface area contributed by atoms with Gasteiger partial charge < -0.3 is 10.2 Å². The first-order valence-corrected chi connectivity index (χ1v) is 17.5. The molecule has 7 nitrogen and oxygen atoms in total. The number of halogens is 2. The molecule has 1 aliphatic rings. The first kappa shape index (κ1) is 33.5. The summed E-state index contributed by atoms with van der Waals surface area (Å²) < 4.78 is 29.4. The summed E-state index contributed by atoms with van der Waals surface area (Å²) in [6.45, 7) is 1.21. The molecule has 0 aliphatic heterocycles. The molecule has 0 heterocycles. The summed E-state index contributed by atoms with van der Waals surface area (Å²) >= 11 is 13.2. The van der Waals surface area contributed by atoms with Crippen LogP contribution in [0.5, 0.6) is 0 Å². The minimum Gasteiger partial charge on any atom is -0.352 e. The molecular formula is C36H37Cl2N3O4S. The molecule has 1 fully saturated rings. The summed E-state index contributed by atoms with van der Waals surface area (Å²) in [5.74, 6) is -0.875. The van der Waals surface area contributed by atoms with Crippen LogP contribution in [0, 0.1) is 6.92 Å². The predicted octanol–water partition coefficient (Wildman–Crippen LogP) is 7.20. The Morgan fingerprint density at radius 3 is 2.09 bits per heavy atom. The Hall–Kier alpha value is -3.85. The second-order valence-electron chi connectivity index (χ2n) is 11.6. The van der Waals surface area contributed by atoms with Crippen molar-refractivity contribution in [3.63, 3.8) is 0 Å². The average Bonchev–Trinajstić information content (AvgIpc) is 3.56. The van der Waals surface area contributed by atoms with Crippen LogP contribution in [-0.2, 0) is 32.6 Å². The largest absolute Gasteiger partial charge is 0.352 e. The summed E-state index contributed by atoms with van der Waals surface area (Å²) in [4.78, 5) is 30.2. The van der Waals surface area contributed by atoms with Gasteiger partial charge in [-0.2, -0.15) is 0 Å². The molecule has 4 aromatic carbocycles. The molecule has 0 unspecified atom stereocenters. The number of sulfonamides is 1. The van der Waals surface area contributed by atoms with Gasteiger partial charge >= 0.3 is 0 Å². The van der Waals surface area contributed by atoms with Crippen LogP contribution >= 0.6 is 23.2 Å². The monoisotopic (exact) mass is 677 g/mol. The molecule has 5 rings (SSSR count). The van der Waals surface area contributed by atoms with E-state index in [2.05, 4.69) is 5.32 Å². The Morgan fingerprint density at radius 2 is 1.46 bits per heavy atom. The maximum atomic E-state index is 14.6. The van der Waals surface area contributed by atoms with Gasteiger partial charge in [-0.05, 0) is 67.3 Å². The van der Waals surface area contributed by atoms with Crippen LogP contribution in [0.3, 0.4) is 0 Å². The zero-order chi connectivity index (χ0) is 32.7. The van der Waals surface area contributed by atoms with E-state index >= 15 is 0 Å². The number of aryl methyl sites for hydroxylation is 1. The highest BCUT2D eigenvalue weighted by atomic mass is 35.5. The molecule has 0 radical (unpaired) electrons. The third-order valence-electron chi connectivity index (χ3n) is 8.26. The molecule has 2 amide bonds. The molecule has 4 aromatic rings. The third kappa shape index (κ3) is 8.10. The molecule has 46 heavy (non-hydrogen) atoms. The van der Waals surface area contributed by atoms with Crippen LogP contribution in [0.2, 0.25) is 10.0 Å². The van der Waals surface area contributed by atoms with Crippen molar-refractivity contribution in [2.24, 2.45) is 0 Å². The lowest BCUT2D eigenvalue weighted by Gasteiger charge is -2.34. The molecule has 0 saturated heterocycles. The number of rotatable bonds is 12. The Bertz CT molecular complexity index is 1740. The average molecular weight is 679 g/mol. The van der Waals surface area contributed by atoms with Crippen molar-refractivity contribution < 1.29 is 18.0 Å². The molecule has 1 aliphatic carbocycles. The standard InChI is InChI=1S/C36H37Cl2N3O4S/c1-26-12-10-17-29(22-26)41(46(44,45)30-18-6-3-7-19-30)25-35(42)40(24-31-32(37)20-11-21-33(31)38)34(23-27-13-4-2-5-14-27)36(43)39-28-15-8-9-16-28/h2-7,10-14,17-22,28,34H,8-9,15-16,23-25H2,1H3,(H,39,43)/t34-/m0/s1. The van der Waals surface area contributed by atoms with Gasteiger partial charge in [-0.25, -0.2) is 8.42 Å². The number of anilines is 1. The highest BCUT2D eigenvalue weighted by molar-refractivity contribution is 7.92. The van der Waals surface area contributed by atoms with Crippen LogP contribution in [0.15, 0.2) is 108 Å². The third-order valence-corrected chi connectivity index (χ3v) is 10.8. The molecule has 1 N–H and O–H groups in total. The molecular weight excluding hydrogens is 641 g/mol. The van der Waals surface area contributed by atoms with Gasteiger partial charge in [0.05, 0.1) is 10.6 Å². The molecule has 0 aromatic heterocycles.